The molecule has 5 atom stereocenters. The minimum Gasteiger partial charge on any atom is -0.247 e. The first-order chi connectivity index (χ1) is 13.3. The molecular weight excluding hydrogens is 343 g/mol. The highest BCUT2D eigenvalue weighted by molar-refractivity contribution is 5.36. The summed E-state index contributed by atoms with van der Waals surface area (Å²) in [4.78, 5) is 0. The van der Waals surface area contributed by atoms with Crippen molar-refractivity contribution in [1.82, 2.24) is 0 Å². The Labute approximate surface area is 173 Å². The molecule has 0 bridgehead atoms. The topological polar surface area (TPSA) is 0 Å². The monoisotopic (exact) mass is 386 g/mol. The highest BCUT2D eigenvalue weighted by atomic mass is 19.1. The third-order valence-corrected chi connectivity index (χ3v) is 8.32. The molecular formula is C27H43F. The standard InChI is InChI=1S/C27H43F/c1-19(2)8-6-9-21(4)25-15-16-26-22(10-7-17-27(25,26)5)12-13-23-18-24(28)14-11-20(23)3/h12-13,19,21,24-26H,3,6-11,14-18H2,1-2,4-5H3/b22-12+,23-13-/t21-,24+,25-,26+,27-/m1/s1. The molecule has 158 valence electrons. The molecule has 0 aliphatic heterocycles. The highest BCUT2D eigenvalue weighted by Crippen LogP contribution is 2.59. The van der Waals surface area contributed by atoms with Crippen molar-refractivity contribution in [2.75, 3.05) is 0 Å². The van der Waals surface area contributed by atoms with Gasteiger partial charge in [0.05, 0.1) is 0 Å². The first kappa shape index (κ1) is 21.8. The first-order valence-electron chi connectivity index (χ1n) is 12.0. The van der Waals surface area contributed by atoms with Crippen LogP contribution in [0, 0.1) is 29.1 Å². The largest absolute Gasteiger partial charge is 0.247 e. The molecule has 0 aromatic heterocycles. The molecule has 0 unspecified atom stereocenters. The lowest BCUT2D eigenvalue weighted by Gasteiger charge is -2.44. The van der Waals surface area contributed by atoms with E-state index in [1.54, 1.807) is 5.57 Å². The molecule has 0 N–H and O–H groups in total. The highest BCUT2D eigenvalue weighted by Gasteiger charge is 2.50. The first-order valence-corrected chi connectivity index (χ1v) is 12.0. The van der Waals surface area contributed by atoms with Crippen molar-refractivity contribution in [3.63, 3.8) is 0 Å². The van der Waals surface area contributed by atoms with Gasteiger partial charge in [-0.25, -0.2) is 4.39 Å². The van der Waals surface area contributed by atoms with Crippen LogP contribution in [0.1, 0.15) is 98.3 Å². The number of halogens is 1. The van der Waals surface area contributed by atoms with E-state index in [0.29, 0.717) is 18.3 Å². The van der Waals surface area contributed by atoms with E-state index in [-0.39, 0.29) is 0 Å². The number of hydrogen-bond acceptors (Lipinski definition) is 0. The average molecular weight is 387 g/mol. The molecule has 3 fully saturated rings. The Bertz CT molecular complexity index is 610. The summed E-state index contributed by atoms with van der Waals surface area (Å²) < 4.78 is 13.8. The number of rotatable bonds is 6. The summed E-state index contributed by atoms with van der Waals surface area (Å²) in [5.74, 6) is 3.29. The van der Waals surface area contributed by atoms with Crippen molar-refractivity contribution in [3.8, 4) is 0 Å². The van der Waals surface area contributed by atoms with Gasteiger partial charge in [-0.2, -0.15) is 0 Å². The maximum absolute atomic E-state index is 13.8. The van der Waals surface area contributed by atoms with Crippen LogP contribution in [-0.2, 0) is 0 Å². The van der Waals surface area contributed by atoms with Gasteiger partial charge in [0.1, 0.15) is 6.17 Å². The van der Waals surface area contributed by atoms with Crippen molar-refractivity contribution in [1.29, 1.82) is 0 Å². The van der Waals surface area contributed by atoms with Gasteiger partial charge in [0, 0.05) is 6.42 Å². The molecule has 0 amide bonds. The molecule has 0 aromatic carbocycles. The van der Waals surface area contributed by atoms with Crippen LogP contribution in [0.15, 0.2) is 35.5 Å². The average Bonchev–Trinajstić information content (AvgIpc) is 2.99. The van der Waals surface area contributed by atoms with Gasteiger partial charge in [-0.1, -0.05) is 76.8 Å². The molecule has 0 radical (unpaired) electrons. The van der Waals surface area contributed by atoms with E-state index in [1.165, 1.54) is 51.4 Å². The summed E-state index contributed by atoms with van der Waals surface area (Å²) in [5, 5.41) is 0. The summed E-state index contributed by atoms with van der Waals surface area (Å²) in [5.41, 5.74) is 4.45. The second-order valence-corrected chi connectivity index (χ2v) is 10.8. The third kappa shape index (κ3) is 4.82. The zero-order chi connectivity index (χ0) is 20.3. The van der Waals surface area contributed by atoms with Crippen LogP contribution < -0.4 is 0 Å². The smallest absolute Gasteiger partial charge is 0.104 e. The molecule has 1 heteroatoms. The van der Waals surface area contributed by atoms with Crippen LogP contribution in [0.4, 0.5) is 4.39 Å². The molecule has 0 spiro atoms. The van der Waals surface area contributed by atoms with E-state index in [2.05, 4.69) is 46.4 Å². The summed E-state index contributed by atoms with van der Waals surface area (Å²) in [6.45, 7) is 14.0. The Kier molecular flexibility index (Phi) is 7.26. The molecule has 3 saturated carbocycles. The van der Waals surface area contributed by atoms with Crippen molar-refractivity contribution in [2.24, 2.45) is 29.1 Å². The second kappa shape index (κ2) is 9.31. The lowest BCUT2D eigenvalue weighted by molar-refractivity contribution is 0.0929. The van der Waals surface area contributed by atoms with Gasteiger partial charge in [0.2, 0.25) is 0 Å². The van der Waals surface area contributed by atoms with Gasteiger partial charge in [0.25, 0.3) is 0 Å². The SMILES string of the molecule is C=C1CC[C@H](F)C/C1=C/C=C1\CCC[C@]2(C)[C@@H]([C@H](C)CCCC(C)C)CC[C@@H]12. The molecule has 3 aliphatic rings. The fourth-order valence-electron chi connectivity index (χ4n) is 6.63. The van der Waals surface area contributed by atoms with Crippen molar-refractivity contribution in [2.45, 2.75) is 104 Å². The number of allylic oxidation sites excluding steroid dienone is 5. The maximum Gasteiger partial charge on any atom is 0.104 e. The normalized spacial score (nSPS) is 37.6. The van der Waals surface area contributed by atoms with Crippen molar-refractivity contribution < 1.29 is 4.39 Å². The van der Waals surface area contributed by atoms with Gasteiger partial charge < -0.3 is 0 Å². The van der Waals surface area contributed by atoms with E-state index in [1.807, 2.05) is 0 Å². The lowest BCUT2D eigenvalue weighted by atomic mass is 9.60. The molecule has 0 heterocycles. The Hall–Kier alpha value is -0.850. The Morgan fingerprint density at radius 3 is 2.64 bits per heavy atom. The number of fused-ring (bicyclic) bond motifs is 1. The van der Waals surface area contributed by atoms with E-state index < -0.39 is 6.17 Å². The van der Waals surface area contributed by atoms with Crippen molar-refractivity contribution in [3.05, 3.63) is 35.5 Å². The van der Waals surface area contributed by atoms with Crippen LogP contribution in [0.3, 0.4) is 0 Å². The molecule has 0 aromatic rings. The third-order valence-electron chi connectivity index (χ3n) is 8.32. The van der Waals surface area contributed by atoms with E-state index >= 15 is 0 Å². The van der Waals surface area contributed by atoms with Crippen LogP contribution >= 0.6 is 0 Å². The molecule has 0 saturated heterocycles. The fraction of sp³-hybridized carbons (Fsp3) is 0.778. The van der Waals surface area contributed by atoms with E-state index in [0.717, 1.165) is 41.2 Å². The Balaban J connectivity index is 1.70. The van der Waals surface area contributed by atoms with Crippen molar-refractivity contribution >= 4 is 0 Å². The molecule has 3 aliphatic carbocycles. The summed E-state index contributed by atoms with van der Waals surface area (Å²) in [7, 11) is 0. The van der Waals surface area contributed by atoms with Gasteiger partial charge >= 0.3 is 0 Å². The van der Waals surface area contributed by atoms with Gasteiger partial charge in [-0.15, -0.1) is 0 Å². The molecule has 28 heavy (non-hydrogen) atoms. The number of hydrogen-bond donors (Lipinski definition) is 0. The van der Waals surface area contributed by atoms with Crippen LogP contribution in [-0.4, -0.2) is 6.17 Å². The minimum absolute atomic E-state index is 0.478. The second-order valence-electron chi connectivity index (χ2n) is 10.8. The maximum atomic E-state index is 13.8. The summed E-state index contributed by atoms with van der Waals surface area (Å²) in [6.07, 6.45) is 16.9. The van der Waals surface area contributed by atoms with Crippen LogP contribution in [0.2, 0.25) is 0 Å². The van der Waals surface area contributed by atoms with Crippen LogP contribution in [0.5, 0.6) is 0 Å². The lowest BCUT2D eigenvalue weighted by Crippen LogP contribution is -2.36. The zero-order valence-corrected chi connectivity index (χ0v) is 18.9. The van der Waals surface area contributed by atoms with Gasteiger partial charge in [0.15, 0.2) is 0 Å². The minimum atomic E-state index is -0.672. The van der Waals surface area contributed by atoms with Gasteiger partial charge in [-0.3, -0.25) is 0 Å². The van der Waals surface area contributed by atoms with Crippen LogP contribution in [0.25, 0.3) is 0 Å². The Morgan fingerprint density at radius 2 is 1.89 bits per heavy atom. The molecule has 3 rings (SSSR count). The van der Waals surface area contributed by atoms with E-state index in [9.17, 15) is 4.39 Å². The predicted octanol–water partition coefficient (Wildman–Crippen LogP) is 8.60. The summed E-state index contributed by atoms with van der Waals surface area (Å²) in [6, 6.07) is 0. The van der Waals surface area contributed by atoms with Gasteiger partial charge in [-0.05, 0) is 79.6 Å². The fourth-order valence-corrected chi connectivity index (χ4v) is 6.63. The molecule has 0 nitrogen and oxygen atoms in total. The number of alkyl halides is 1. The summed E-state index contributed by atoms with van der Waals surface area (Å²) >= 11 is 0. The quantitative estimate of drug-likeness (QED) is 0.428. The predicted molar refractivity (Wildman–Crippen MR) is 120 cm³/mol. The Morgan fingerprint density at radius 1 is 1.11 bits per heavy atom. The zero-order valence-electron chi connectivity index (χ0n) is 18.9. The van der Waals surface area contributed by atoms with E-state index in [4.69, 9.17) is 0 Å².